The highest BCUT2D eigenvalue weighted by atomic mass is 16.3. The molecule has 3 aromatic heterocycles. The molecule has 13 aromatic rings. The molecule has 0 amide bonds. The van der Waals surface area contributed by atoms with Crippen molar-refractivity contribution in [3.8, 4) is 84.4 Å². The molecule has 0 saturated carbocycles. The molecular formula is C63H40N4O. The molecule has 0 spiro atoms. The van der Waals surface area contributed by atoms with Crippen LogP contribution in [0, 0.1) is 0 Å². The van der Waals surface area contributed by atoms with E-state index in [2.05, 4.69) is 6.07 Å². The van der Waals surface area contributed by atoms with Crippen molar-refractivity contribution < 1.29 is 20.9 Å². The van der Waals surface area contributed by atoms with Gasteiger partial charge in [-0.2, -0.15) is 0 Å². The summed E-state index contributed by atoms with van der Waals surface area (Å²) in [6.07, 6.45) is 0. The van der Waals surface area contributed by atoms with Crippen LogP contribution in [0.15, 0.2) is 247 Å². The van der Waals surface area contributed by atoms with Crippen LogP contribution in [-0.4, -0.2) is 19.5 Å². The third-order valence-electron chi connectivity index (χ3n) is 12.2. The van der Waals surface area contributed by atoms with Crippen molar-refractivity contribution in [2.45, 2.75) is 0 Å². The van der Waals surface area contributed by atoms with Gasteiger partial charge in [0.2, 0.25) is 0 Å². The Balaban J connectivity index is 1.17. The minimum Gasteiger partial charge on any atom is -0.456 e. The highest BCUT2D eigenvalue weighted by molar-refractivity contribution is 6.11. The molecule has 0 aliphatic heterocycles. The molecule has 0 N–H and O–H groups in total. The molecule has 318 valence electrons. The molecule has 13 rings (SSSR count). The fraction of sp³-hybridized carbons (Fsp3) is 0. The van der Waals surface area contributed by atoms with Gasteiger partial charge in [0.25, 0.3) is 0 Å². The minimum atomic E-state index is -0.715. The summed E-state index contributed by atoms with van der Waals surface area (Å²) in [7, 11) is 0. The molecule has 0 atom stereocenters. The van der Waals surface area contributed by atoms with Gasteiger partial charge in [-0.25, -0.2) is 15.0 Å². The van der Waals surface area contributed by atoms with E-state index in [0.717, 1.165) is 38.6 Å². The molecule has 0 unspecified atom stereocenters. The molecule has 5 heteroatoms. The predicted octanol–water partition coefficient (Wildman–Crippen LogP) is 16.5. The SMILES string of the molecule is [2H]c1c([2H])c([2H])c(-c2c([2H])c([2H])c3c(c2[2H])c2c([2H])c([2H])c([2H])c([2H])c2n3-c2cc(-c3cc(-c4ccccc4)cc(-c4ccccc4)c3)ccc2-c2nc(-c3ccccc3)nc(-c3ccc4c(c3)oc3ccccc34)n2)c([2H])c1[2H]. The van der Waals surface area contributed by atoms with Crippen LogP contribution < -0.4 is 0 Å². The van der Waals surface area contributed by atoms with Crippen LogP contribution in [-0.2, 0) is 0 Å². The summed E-state index contributed by atoms with van der Waals surface area (Å²) >= 11 is 0. The summed E-state index contributed by atoms with van der Waals surface area (Å²) in [5, 5.41) is 1.44. The van der Waals surface area contributed by atoms with Crippen molar-refractivity contribution in [3.05, 3.63) is 242 Å². The number of benzene rings is 10. The lowest BCUT2D eigenvalue weighted by atomic mass is 9.92. The summed E-state index contributed by atoms with van der Waals surface area (Å²) in [4.78, 5) is 15.4. The summed E-state index contributed by atoms with van der Waals surface area (Å²) in [5.41, 5.74) is 6.87. The van der Waals surface area contributed by atoms with Gasteiger partial charge in [-0.1, -0.05) is 176 Å². The van der Waals surface area contributed by atoms with Gasteiger partial charge >= 0.3 is 0 Å². The Bertz CT molecular complexity index is 4650. The van der Waals surface area contributed by atoms with Gasteiger partial charge in [-0.05, 0) is 111 Å². The van der Waals surface area contributed by atoms with Crippen LogP contribution in [0.5, 0.6) is 0 Å². The van der Waals surface area contributed by atoms with Gasteiger partial charge in [0.15, 0.2) is 17.5 Å². The second kappa shape index (κ2) is 16.4. The second-order valence-corrected chi connectivity index (χ2v) is 16.3. The van der Waals surface area contributed by atoms with Crippen molar-refractivity contribution in [3.63, 3.8) is 0 Å². The van der Waals surface area contributed by atoms with Gasteiger partial charge in [-0.15, -0.1) is 0 Å². The molecule has 5 nitrogen and oxygen atoms in total. The normalized spacial score (nSPS) is 14.0. The largest absolute Gasteiger partial charge is 0.456 e. The number of aromatic nitrogens is 4. The van der Waals surface area contributed by atoms with Gasteiger partial charge in [0, 0.05) is 38.2 Å². The molecule has 0 bridgehead atoms. The Kier molecular flexibility index (Phi) is 6.89. The number of nitrogens with zero attached hydrogens (tertiary/aromatic N) is 4. The average Bonchev–Trinajstić information content (AvgIpc) is 4.21. The maximum atomic E-state index is 9.96. The van der Waals surface area contributed by atoms with Crippen molar-refractivity contribution in [2.24, 2.45) is 0 Å². The van der Waals surface area contributed by atoms with Crippen molar-refractivity contribution in [2.75, 3.05) is 0 Å². The van der Waals surface area contributed by atoms with Gasteiger partial charge in [0.1, 0.15) is 11.2 Å². The van der Waals surface area contributed by atoms with E-state index < -0.39 is 83.6 Å². The topological polar surface area (TPSA) is 56.7 Å². The Labute approximate surface area is 409 Å². The van der Waals surface area contributed by atoms with Gasteiger partial charge in [-0.3, -0.25) is 0 Å². The number of furan rings is 1. The van der Waals surface area contributed by atoms with E-state index in [1.54, 1.807) is 6.07 Å². The molecule has 0 fully saturated rings. The average molecular weight is 881 g/mol. The van der Waals surface area contributed by atoms with E-state index in [1.165, 1.54) is 4.57 Å². The quantitative estimate of drug-likeness (QED) is 0.153. The minimum absolute atomic E-state index is 0.124. The Morgan fingerprint density at radius 3 is 1.65 bits per heavy atom. The van der Waals surface area contributed by atoms with Crippen LogP contribution in [0.2, 0.25) is 0 Å². The Morgan fingerprint density at radius 2 is 0.912 bits per heavy atom. The monoisotopic (exact) mass is 880 g/mol. The van der Waals surface area contributed by atoms with Crippen molar-refractivity contribution in [1.29, 1.82) is 0 Å². The highest BCUT2D eigenvalue weighted by Crippen LogP contribution is 2.41. The maximum Gasteiger partial charge on any atom is 0.166 e. The lowest BCUT2D eigenvalue weighted by Gasteiger charge is -2.17. The first-order valence-electron chi connectivity index (χ1n) is 27.9. The first kappa shape index (κ1) is 28.7. The Morgan fingerprint density at radius 1 is 0.338 bits per heavy atom. The van der Waals surface area contributed by atoms with E-state index in [4.69, 9.17) is 29.0 Å². The number of hydrogen-bond acceptors (Lipinski definition) is 4. The van der Waals surface area contributed by atoms with Crippen LogP contribution in [0.3, 0.4) is 0 Å². The number of para-hydroxylation sites is 2. The maximum absolute atomic E-state index is 9.96. The zero-order chi connectivity index (χ0) is 55.4. The van der Waals surface area contributed by atoms with E-state index in [0.29, 0.717) is 39.2 Å². The van der Waals surface area contributed by atoms with Crippen molar-refractivity contribution in [1.82, 2.24) is 19.5 Å². The van der Waals surface area contributed by atoms with E-state index >= 15 is 0 Å². The Hall–Kier alpha value is -9.19. The fourth-order valence-electron chi connectivity index (χ4n) is 8.94. The number of hydrogen-bond donors (Lipinski definition) is 0. The summed E-state index contributed by atoms with van der Waals surface area (Å²) in [6.45, 7) is 0. The fourth-order valence-corrected chi connectivity index (χ4v) is 8.94. The standard InChI is InChI=1S/C63H40N4O/c1-5-17-41(18-6-1)45-31-34-57-55(38-45)51-25-13-15-27-56(51)67(57)58-39-46(50-36-48(42-19-7-2-8-20-42)35-49(37-50)43-21-9-3-10-22-43)29-33-54(58)63-65-61(44-23-11-4-12-24-44)64-62(66-63)47-30-32-53-52-26-14-16-28-59(52)68-60(53)40-47/h1-40H/i1D,5D,6D,13D,15D,17D,18D,25D,27D,31D,34D,38D. The summed E-state index contributed by atoms with van der Waals surface area (Å²) in [5.74, 6) is 0.687. The molecular weight excluding hydrogens is 829 g/mol. The molecule has 10 aromatic carbocycles. The van der Waals surface area contributed by atoms with E-state index in [1.807, 2.05) is 158 Å². The number of rotatable bonds is 8. The molecule has 3 heterocycles. The van der Waals surface area contributed by atoms with E-state index in [9.17, 15) is 6.85 Å². The van der Waals surface area contributed by atoms with Gasteiger partial charge < -0.3 is 8.98 Å². The second-order valence-electron chi connectivity index (χ2n) is 16.3. The summed E-state index contributed by atoms with van der Waals surface area (Å²) < 4.78 is 118. The lowest BCUT2D eigenvalue weighted by molar-refractivity contribution is 0.669. The van der Waals surface area contributed by atoms with Crippen LogP contribution in [0.4, 0.5) is 0 Å². The molecule has 0 saturated heterocycles. The molecule has 0 aliphatic carbocycles. The number of fused-ring (bicyclic) bond motifs is 6. The third-order valence-corrected chi connectivity index (χ3v) is 12.2. The zero-order valence-electron chi connectivity index (χ0n) is 47.9. The first-order valence-corrected chi connectivity index (χ1v) is 21.9. The zero-order valence-corrected chi connectivity index (χ0v) is 35.9. The summed E-state index contributed by atoms with van der Waals surface area (Å²) in [6, 6.07) is 46.7. The molecule has 0 radical (unpaired) electrons. The molecule has 0 aliphatic rings. The van der Waals surface area contributed by atoms with Crippen molar-refractivity contribution >= 4 is 43.7 Å². The third kappa shape index (κ3) is 6.93. The molecule has 68 heavy (non-hydrogen) atoms. The first-order chi connectivity index (χ1) is 38.7. The van der Waals surface area contributed by atoms with Crippen LogP contribution in [0.1, 0.15) is 16.4 Å². The highest BCUT2D eigenvalue weighted by Gasteiger charge is 2.22. The smallest absolute Gasteiger partial charge is 0.166 e. The van der Waals surface area contributed by atoms with Gasteiger partial charge in [0.05, 0.1) is 33.2 Å². The predicted molar refractivity (Wildman–Crippen MR) is 279 cm³/mol. The van der Waals surface area contributed by atoms with Crippen LogP contribution in [0.25, 0.3) is 128 Å². The van der Waals surface area contributed by atoms with Crippen LogP contribution >= 0.6 is 0 Å². The lowest BCUT2D eigenvalue weighted by Crippen LogP contribution is -2.04. The van der Waals surface area contributed by atoms with E-state index in [-0.39, 0.29) is 39.1 Å².